The summed E-state index contributed by atoms with van der Waals surface area (Å²) < 4.78 is 5.32. The Morgan fingerprint density at radius 3 is 1.62 bits per heavy atom. The summed E-state index contributed by atoms with van der Waals surface area (Å²) in [5.74, 6) is 0.941. The van der Waals surface area contributed by atoms with E-state index in [9.17, 15) is 0 Å². The summed E-state index contributed by atoms with van der Waals surface area (Å²) in [4.78, 5) is 4.32. The van der Waals surface area contributed by atoms with Crippen molar-refractivity contribution in [2.24, 2.45) is 0 Å². The molecule has 3 heteroatoms. The van der Waals surface area contributed by atoms with Crippen LogP contribution in [0.2, 0.25) is 0 Å². The van der Waals surface area contributed by atoms with Gasteiger partial charge in [0, 0.05) is 13.1 Å². The molecule has 0 spiro atoms. The Balaban J connectivity index is 2.91. The zero-order valence-corrected chi connectivity index (χ0v) is 10.9. The SMILES string of the molecule is COc1cc(CN(C)C)cc(CN(C)C)c1. The minimum Gasteiger partial charge on any atom is -0.497 e. The lowest BCUT2D eigenvalue weighted by Crippen LogP contribution is -2.13. The Morgan fingerprint density at radius 1 is 0.875 bits per heavy atom. The van der Waals surface area contributed by atoms with Crippen LogP contribution in [0.15, 0.2) is 18.2 Å². The Kier molecular flexibility index (Phi) is 4.77. The van der Waals surface area contributed by atoms with Crippen molar-refractivity contribution in [1.82, 2.24) is 9.80 Å². The minimum atomic E-state index is 0.941. The number of methoxy groups -OCH3 is 1. The summed E-state index contributed by atoms with van der Waals surface area (Å²) in [6.07, 6.45) is 0. The van der Waals surface area contributed by atoms with Gasteiger partial charge in [-0.2, -0.15) is 0 Å². The van der Waals surface area contributed by atoms with Crippen molar-refractivity contribution in [1.29, 1.82) is 0 Å². The van der Waals surface area contributed by atoms with E-state index >= 15 is 0 Å². The standard InChI is InChI=1S/C13H22N2O/c1-14(2)9-11-6-12(10-15(3)4)8-13(7-11)16-5/h6-8H,9-10H2,1-5H3. The van der Waals surface area contributed by atoms with Crippen LogP contribution in [-0.2, 0) is 13.1 Å². The first-order valence-electron chi connectivity index (χ1n) is 5.47. The summed E-state index contributed by atoms with van der Waals surface area (Å²) in [5.41, 5.74) is 2.59. The second-order valence-electron chi connectivity index (χ2n) is 4.66. The predicted molar refractivity (Wildman–Crippen MR) is 67.8 cm³/mol. The zero-order valence-electron chi connectivity index (χ0n) is 10.9. The van der Waals surface area contributed by atoms with Gasteiger partial charge < -0.3 is 14.5 Å². The van der Waals surface area contributed by atoms with Gasteiger partial charge in [-0.25, -0.2) is 0 Å². The molecule has 0 N–H and O–H groups in total. The first kappa shape index (κ1) is 13.0. The van der Waals surface area contributed by atoms with Crippen LogP contribution in [0.25, 0.3) is 0 Å². The molecule has 16 heavy (non-hydrogen) atoms. The summed E-state index contributed by atoms with van der Waals surface area (Å²) in [7, 11) is 10.0. The highest BCUT2D eigenvalue weighted by atomic mass is 16.5. The van der Waals surface area contributed by atoms with E-state index in [1.54, 1.807) is 7.11 Å². The fraction of sp³-hybridized carbons (Fsp3) is 0.538. The second kappa shape index (κ2) is 5.87. The van der Waals surface area contributed by atoms with Crippen LogP contribution in [0.4, 0.5) is 0 Å². The molecule has 0 unspecified atom stereocenters. The fourth-order valence-corrected chi connectivity index (χ4v) is 1.76. The number of hydrogen-bond donors (Lipinski definition) is 0. The lowest BCUT2D eigenvalue weighted by molar-refractivity contribution is 0.386. The summed E-state index contributed by atoms with van der Waals surface area (Å²) in [6, 6.07) is 6.43. The average Bonchev–Trinajstić information content (AvgIpc) is 2.14. The number of hydrogen-bond acceptors (Lipinski definition) is 3. The van der Waals surface area contributed by atoms with Crippen molar-refractivity contribution in [2.75, 3.05) is 35.3 Å². The van der Waals surface area contributed by atoms with E-state index in [2.05, 4.69) is 56.2 Å². The van der Waals surface area contributed by atoms with Crippen LogP contribution >= 0.6 is 0 Å². The maximum Gasteiger partial charge on any atom is 0.119 e. The quantitative estimate of drug-likeness (QED) is 0.756. The lowest BCUT2D eigenvalue weighted by Gasteiger charge is -2.15. The van der Waals surface area contributed by atoms with Crippen molar-refractivity contribution in [3.05, 3.63) is 29.3 Å². The monoisotopic (exact) mass is 222 g/mol. The number of rotatable bonds is 5. The molecule has 0 aliphatic rings. The normalized spacial score (nSPS) is 11.2. The van der Waals surface area contributed by atoms with E-state index in [0.717, 1.165) is 18.8 Å². The molecule has 0 radical (unpaired) electrons. The number of benzene rings is 1. The minimum absolute atomic E-state index is 0.941. The van der Waals surface area contributed by atoms with Gasteiger partial charge in [-0.3, -0.25) is 0 Å². The van der Waals surface area contributed by atoms with Crippen molar-refractivity contribution in [2.45, 2.75) is 13.1 Å². The van der Waals surface area contributed by atoms with Gasteiger partial charge in [0.05, 0.1) is 7.11 Å². The topological polar surface area (TPSA) is 15.7 Å². The van der Waals surface area contributed by atoms with E-state index in [0.29, 0.717) is 0 Å². The van der Waals surface area contributed by atoms with Gasteiger partial charge in [0.15, 0.2) is 0 Å². The highest BCUT2D eigenvalue weighted by Crippen LogP contribution is 2.18. The van der Waals surface area contributed by atoms with E-state index < -0.39 is 0 Å². The molecule has 90 valence electrons. The Labute approximate surface area is 98.6 Å². The van der Waals surface area contributed by atoms with Crippen LogP contribution < -0.4 is 4.74 Å². The third-order valence-electron chi connectivity index (χ3n) is 2.26. The third kappa shape index (κ3) is 4.21. The Hall–Kier alpha value is -1.06. The molecule has 0 saturated carbocycles. The van der Waals surface area contributed by atoms with Crippen LogP contribution in [0.3, 0.4) is 0 Å². The molecule has 0 aliphatic heterocycles. The molecule has 3 nitrogen and oxygen atoms in total. The predicted octanol–water partition coefficient (Wildman–Crippen LogP) is 1.82. The molecule has 1 rings (SSSR count). The van der Waals surface area contributed by atoms with E-state index in [1.165, 1.54) is 11.1 Å². The van der Waals surface area contributed by atoms with Crippen LogP contribution in [0.5, 0.6) is 5.75 Å². The van der Waals surface area contributed by atoms with Gasteiger partial charge in [0.2, 0.25) is 0 Å². The van der Waals surface area contributed by atoms with Crippen LogP contribution in [-0.4, -0.2) is 45.1 Å². The van der Waals surface area contributed by atoms with Gasteiger partial charge in [0.25, 0.3) is 0 Å². The molecule has 0 heterocycles. The van der Waals surface area contributed by atoms with Crippen molar-refractivity contribution in [3.63, 3.8) is 0 Å². The molecule has 0 bridgehead atoms. The molecule has 0 fully saturated rings. The summed E-state index contributed by atoms with van der Waals surface area (Å²) >= 11 is 0. The van der Waals surface area contributed by atoms with Gasteiger partial charge >= 0.3 is 0 Å². The van der Waals surface area contributed by atoms with Gasteiger partial charge in [-0.05, 0) is 51.5 Å². The molecule has 0 atom stereocenters. The second-order valence-corrected chi connectivity index (χ2v) is 4.66. The third-order valence-corrected chi connectivity index (χ3v) is 2.26. The molecule has 1 aromatic carbocycles. The van der Waals surface area contributed by atoms with E-state index in [1.807, 2.05) is 0 Å². The first-order valence-corrected chi connectivity index (χ1v) is 5.47. The Morgan fingerprint density at radius 2 is 1.31 bits per heavy atom. The molecule has 0 amide bonds. The largest absolute Gasteiger partial charge is 0.497 e. The smallest absolute Gasteiger partial charge is 0.119 e. The number of ether oxygens (including phenoxy) is 1. The first-order chi connectivity index (χ1) is 7.51. The van der Waals surface area contributed by atoms with Gasteiger partial charge in [0.1, 0.15) is 5.75 Å². The maximum atomic E-state index is 5.32. The molecular weight excluding hydrogens is 200 g/mol. The van der Waals surface area contributed by atoms with E-state index in [4.69, 9.17) is 4.74 Å². The molecule has 0 saturated heterocycles. The van der Waals surface area contributed by atoms with Gasteiger partial charge in [-0.15, -0.1) is 0 Å². The van der Waals surface area contributed by atoms with Crippen molar-refractivity contribution in [3.8, 4) is 5.75 Å². The maximum absolute atomic E-state index is 5.32. The van der Waals surface area contributed by atoms with E-state index in [-0.39, 0.29) is 0 Å². The Bertz CT molecular complexity index is 306. The van der Waals surface area contributed by atoms with Crippen LogP contribution in [0.1, 0.15) is 11.1 Å². The highest BCUT2D eigenvalue weighted by Gasteiger charge is 2.03. The number of nitrogens with zero attached hydrogens (tertiary/aromatic N) is 2. The lowest BCUT2D eigenvalue weighted by atomic mass is 10.1. The van der Waals surface area contributed by atoms with Crippen molar-refractivity contribution >= 4 is 0 Å². The highest BCUT2D eigenvalue weighted by molar-refractivity contribution is 5.34. The van der Waals surface area contributed by atoms with Crippen LogP contribution in [0, 0.1) is 0 Å². The zero-order chi connectivity index (χ0) is 12.1. The fourth-order valence-electron chi connectivity index (χ4n) is 1.76. The summed E-state index contributed by atoms with van der Waals surface area (Å²) in [6.45, 7) is 1.88. The molecular formula is C13H22N2O. The molecule has 0 aliphatic carbocycles. The van der Waals surface area contributed by atoms with Gasteiger partial charge in [-0.1, -0.05) is 6.07 Å². The summed E-state index contributed by atoms with van der Waals surface area (Å²) in [5, 5.41) is 0. The molecule has 0 aromatic heterocycles. The molecule has 1 aromatic rings. The average molecular weight is 222 g/mol. The van der Waals surface area contributed by atoms with Crippen molar-refractivity contribution < 1.29 is 4.74 Å².